The lowest BCUT2D eigenvalue weighted by Gasteiger charge is -2.35. The fourth-order valence-corrected chi connectivity index (χ4v) is 2.81. The number of rotatable bonds is 3. The highest BCUT2D eigenvalue weighted by Gasteiger charge is 2.25. The highest BCUT2D eigenvalue weighted by Crippen LogP contribution is 2.31. The Balaban J connectivity index is 1.80. The first kappa shape index (κ1) is 13.0. The van der Waals surface area contributed by atoms with Gasteiger partial charge in [-0.2, -0.15) is 0 Å². The molecule has 2 N–H and O–H groups in total. The van der Waals surface area contributed by atoms with Gasteiger partial charge in [0.05, 0.1) is 11.7 Å². The van der Waals surface area contributed by atoms with E-state index in [2.05, 4.69) is 32.0 Å². The minimum atomic E-state index is 0.335. The Hall–Kier alpha value is -2.01. The Kier molecular flexibility index (Phi) is 3.87. The maximum Gasteiger partial charge on any atom is 0.220 e. The van der Waals surface area contributed by atoms with E-state index < -0.39 is 0 Å². The smallest absolute Gasteiger partial charge is 0.220 e. The quantitative estimate of drug-likeness (QED) is 0.925. The predicted molar refractivity (Wildman–Crippen MR) is 77.7 cm³/mol. The van der Waals surface area contributed by atoms with Crippen molar-refractivity contribution in [1.82, 2.24) is 19.9 Å². The maximum atomic E-state index is 5.71. The van der Waals surface area contributed by atoms with E-state index in [-0.39, 0.29) is 0 Å². The number of pyridine rings is 1. The van der Waals surface area contributed by atoms with Crippen molar-refractivity contribution in [3.05, 3.63) is 48.0 Å². The van der Waals surface area contributed by atoms with Crippen molar-refractivity contribution in [2.45, 2.75) is 31.8 Å². The molecule has 0 amide bonds. The molecule has 5 nitrogen and oxygen atoms in total. The first-order chi connectivity index (χ1) is 9.83. The first-order valence-corrected chi connectivity index (χ1v) is 7.04. The van der Waals surface area contributed by atoms with E-state index in [0.29, 0.717) is 12.0 Å². The lowest BCUT2D eigenvalue weighted by Crippen LogP contribution is -2.33. The fraction of sp³-hybridized carbons (Fsp3) is 0.400. The number of hydrogen-bond donors (Lipinski definition) is 1. The molecule has 1 unspecified atom stereocenters. The van der Waals surface area contributed by atoms with Crippen LogP contribution >= 0.6 is 0 Å². The molecule has 3 rings (SSSR count). The van der Waals surface area contributed by atoms with Crippen LogP contribution in [0.25, 0.3) is 0 Å². The van der Waals surface area contributed by atoms with E-state index in [1.54, 1.807) is 6.20 Å². The zero-order valence-corrected chi connectivity index (χ0v) is 11.4. The molecule has 104 valence electrons. The Morgan fingerprint density at radius 3 is 2.80 bits per heavy atom. The molecule has 2 aromatic heterocycles. The minimum Gasteiger partial charge on any atom is -0.368 e. The van der Waals surface area contributed by atoms with Gasteiger partial charge in [0.2, 0.25) is 5.95 Å². The number of nitrogen functional groups attached to an aromatic ring is 1. The normalized spacial score (nSPS) is 19.9. The predicted octanol–water partition coefficient (Wildman–Crippen LogP) is 2.18. The van der Waals surface area contributed by atoms with Gasteiger partial charge in [0.1, 0.15) is 0 Å². The van der Waals surface area contributed by atoms with E-state index in [4.69, 9.17) is 5.73 Å². The van der Waals surface area contributed by atoms with Crippen LogP contribution in [0.15, 0.2) is 36.8 Å². The Bertz CT molecular complexity index is 557. The van der Waals surface area contributed by atoms with Gasteiger partial charge in [0.15, 0.2) is 0 Å². The summed E-state index contributed by atoms with van der Waals surface area (Å²) in [5, 5.41) is 0. The standard InChI is InChI=1S/C15H19N5/c16-15-18-9-6-13(19-15)14-3-1-2-10-20(14)11-12-4-7-17-8-5-12/h4-9,14H,1-3,10-11H2,(H2,16,18,19). The van der Waals surface area contributed by atoms with Crippen molar-refractivity contribution < 1.29 is 0 Å². The molecule has 3 heterocycles. The third-order valence-electron chi connectivity index (χ3n) is 3.79. The summed E-state index contributed by atoms with van der Waals surface area (Å²) in [7, 11) is 0. The summed E-state index contributed by atoms with van der Waals surface area (Å²) in [6.07, 6.45) is 9.04. The van der Waals surface area contributed by atoms with Crippen molar-refractivity contribution in [2.75, 3.05) is 12.3 Å². The number of nitrogens with two attached hydrogens (primary N) is 1. The Morgan fingerprint density at radius 1 is 1.15 bits per heavy atom. The molecule has 1 fully saturated rings. The zero-order valence-electron chi connectivity index (χ0n) is 11.4. The van der Waals surface area contributed by atoms with Crippen LogP contribution in [0.2, 0.25) is 0 Å². The third kappa shape index (κ3) is 2.93. The Morgan fingerprint density at radius 2 is 2.00 bits per heavy atom. The van der Waals surface area contributed by atoms with E-state index in [1.807, 2.05) is 18.5 Å². The minimum absolute atomic E-state index is 0.335. The summed E-state index contributed by atoms with van der Waals surface area (Å²) < 4.78 is 0. The molecule has 1 aliphatic rings. The van der Waals surface area contributed by atoms with Crippen LogP contribution in [0, 0.1) is 0 Å². The van der Waals surface area contributed by atoms with Crippen LogP contribution in [0.4, 0.5) is 5.95 Å². The van der Waals surface area contributed by atoms with Gasteiger partial charge in [-0.25, -0.2) is 9.97 Å². The average Bonchev–Trinajstić information content (AvgIpc) is 2.49. The summed E-state index contributed by atoms with van der Waals surface area (Å²) >= 11 is 0. The second-order valence-corrected chi connectivity index (χ2v) is 5.18. The van der Waals surface area contributed by atoms with Crippen LogP contribution in [0.3, 0.4) is 0 Å². The summed E-state index contributed by atoms with van der Waals surface area (Å²) in [6, 6.07) is 6.45. The van der Waals surface area contributed by atoms with Crippen molar-refractivity contribution in [3.8, 4) is 0 Å². The number of piperidine rings is 1. The molecule has 0 saturated carbocycles. The SMILES string of the molecule is Nc1nccc(C2CCCCN2Cc2ccncc2)n1. The van der Waals surface area contributed by atoms with Crippen LogP contribution in [-0.2, 0) is 6.54 Å². The van der Waals surface area contributed by atoms with Gasteiger partial charge in [-0.05, 0) is 43.1 Å². The lowest BCUT2D eigenvalue weighted by molar-refractivity contribution is 0.137. The van der Waals surface area contributed by atoms with E-state index in [9.17, 15) is 0 Å². The molecule has 0 aromatic carbocycles. The van der Waals surface area contributed by atoms with Crippen LogP contribution in [-0.4, -0.2) is 26.4 Å². The fourth-order valence-electron chi connectivity index (χ4n) is 2.81. The van der Waals surface area contributed by atoms with E-state index in [1.165, 1.54) is 18.4 Å². The van der Waals surface area contributed by atoms with Gasteiger partial charge in [-0.1, -0.05) is 6.42 Å². The second-order valence-electron chi connectivity index (χ2n) is 5.18. The number of hydrogen-bond acceptors (Lipinski definition) is 5. The largest absolute Gasteiger partial charge is 0.368 e. The second kappa shape index (κ2) is 5.96. The number of nitrogens with zero attached hydrogens (tertiary/aromatic N) is 4. The lowest BCUT2D eigenvalue weighted by atomic mass is 9.98. The highest BCUT2D eigenvalue weighted by molar-refractivity contribution is 5.20. The molecule has 20 heavy (non-hydrogen) atoms. The van der Waals surface area contributed by atoms with Crippen LogP contribution in [0.5, 0.6) is 0 Å². The molecule has 0 spiro atoms. The summed E-state index contributed by atoms with van der Waals surface area (Å²) in [4.78, 5) is 14.9. The van der Waals surface area contributed by atoms with Crippen molar-refractivity contribution in [2.24, 2.45) is 0 Å². The van der Waals surface area contributed by atoms with E-state index in [0.717, 1.165) is 25.2 Å². The molecule has 1 saturated heterocycles. The number of likely N-dealkylation sites (tertiary alicyclic amines) is 1. The van der Waals surface area contributed by atoms with Gasteiger partial charge >= 0.3 is 0 Å². The topological polar surface area (TPSA) is 67.9 Å². The molecular formula is C15H19N5. The van der Waals surface area contributed by atoms with Gasteiger partial charge < -0.3 is 5.73 Å². The summed E-state index contributed by atoms with van der Waals surface area (Å²) in [5.41, 5.74) is 8.03. The number of anilines is 1. The molecule has 0 aliphatic carbocycles. The molecule has 0 bridgehead atoms. The summed E-state index contributed by atoms with van der Waals surface area (Å²) in [6.45, 7) is 2.02. The monoisotopic (exact) mass is 269 g/mol. The Labute approximate surface area is 118 Å². The van der Waals surface area contributed by atoms with Crippen molar-refractivity contribution >= 4 is 5.95 Å². The molecular weight excluding hydrogens is 250 g/mol. The van der Waals surface area contributed by atoms with Gasteiger partial charge in [-0.3, -0.25) is 9.88 Å². The molecule has 1 aliphatic heterocycles. The average molecular weight is 269 g/mol. The highest BCUT2D eigenvalue weighted by atomic mass is 15.2. The molecule has 0 radical (unpaired) electrons. The first-order valence-electron chi connectivity index (χ1n) is 7.04. The van der Waals surface area contributed by atoms with Gasteiger partial charge in [0, 0.05) is 25.1 Å². The molecule has 1 atom stereocenters. The van der Waals surface area contributed by atoms with Crippen LogP contribution in [0.1, 0.15) is 36.6 Å². The van der Waals surface area contributed by atoms with E-state index >= 15 is 0 Å². The van der Waals surface area contributed by atoms with Crippen molar-refractivity contribution in [1.29, 1.82) is 0 Å². The zero-order chi connectivity index (χ0) is 13.8. The van der Waals surface area contributed by atoms with Crippen LogP contribution < -0.4 is 5.73 Å². The maximum absolute atomic E-state index is 5.71. The number of aromatic nitrogens is 3. The van der Waals surface area contributed by atoms with Gasteiger partial charge in [0.25, 0.3) is 0 Å². The summed E-state index contributed by atoms with van der Waals surface area (Å²) in [5.74, 6) is 0.358. The molecule has 2 aromatic rings. The van der Waals surface area contributed by atoms with Gasteiger partial charge in [-0.15, -0.1) is 0 Å². The van der Waals surface area contributed by atoms with Crippen molar-refractivity contribution in [3.63, 3.8) is 0 Å². The molecule has 5 heteroatoms. The third-order valence-corrected chi connectivity index (χ3v) is 3.79.